The Kier molecular flexibility index (Phi) is 7.16. The molecule has 2 N–H and O–H groups in total. The third-order valence-electron chi connectivity index (χ3n) is 3.81. The summed E-state index contributed by atoms with van der Waals surface area (Å²) in [4.78, 5) is 13.9. The summed E-state index contributed by atoms with van der Waals surface area (Å²) in [5, 5.41) is 12.8. The number of nitrogens with one attached hydrogen (secondary N) is 1. The first-order valence-electron chi connectivity index (χ1n) is 7.30. The molecular formula is C14H28N2O3. The smallest absolute Gasteiger partial charge is 0.317 e. The number of aliphatic hydroxyl groups excluding tert-OH is 1. The Morgan fingerprint density at radius 1 is 1.58 bits per heavy atom. The highest BCUT2D eigenvalue weighted by Crippen LogP contribution is 2.17. The van der Waals surface area contributed by atoms with Gasteiger partial charge in [0.2, 0.25) is 0 Å². The van der Waals surface area contributed by atoms with Gasteiger partial charge in [-0.3, -0.25) is 0 Å². The highest BCUT2D eigenvalue weighted by molar-refractivity contribution is 5.74. The Morgan fingerprint density at radius 2 is 2.32 bits per heavy atom. The molecule has 1 aliphatic rings. The molecule has 0 aromatic heterocycles. The van der Waals surface area contributed by atoms with Gasteiger partial charge in [-0.25, -0.2) is 4.79 Å². The maximum absolute atomic E-state index is 12.1. The second-order valence-electron chi connectivity index (χ2n) is 5.52. The van der Waals surface area contributed by atoms with Gasteiger partial charge in [-0.05, 0) is 18.8 Å². The molecule has 2 amide bonds. The molecule has 0 spiro atoms. The highest BCUT2D eigenvalue weighted by atomic mass is 16.5. The fourth-order valence-corrected chi connectivity index (χ4v) is 2.35. The van der Waals surface area contributed by atoms with Crippen molar-refractivity contribution in [3.8, 4) is 0 Å². The topological polar surface area (TPSA) is 61.8 Å². The normalized spacial score (nSPS) is 25.2. The van der Waals surface area contributed by atoms with Crippen LogP contribution in [0.2, 0.25) is 0 Å². The minimum atomic E-state index is -0.406. The fraction of sp³-hybridized carbons (Fsp3) is 0.929. The fourth-order valence-electron chi connectivity index (χ4n) is 2.35. The van der Waals surface area contributed by atoms with E-state index in [0.717, 1.165) is 32.2 Å². The summed E-state index contributed by atoms with van der Waals surface area (Å²) in [6, 6.07) is -0.0157. The molecular weight excluding hydrogens is 244 g/mol. The van der Waals surface area contributed by atoms with E-state index in [4.69, 9.17) is 4.74 Å². The minimum Gasteiger partial charge on any atom is -0.391 e. The lowest BCUT2D eigenvalue weighted by Gasteiger charge is -2.35. The monoisotopic (exact) mass is 272 g/mol. The number of amides is 2. The number of carbonyl (C=O) groups is 1. The third kappa shape index (κ3) is 5.37. The molecule has 1 aliphatic heterocycles. The zero-order valence-electron chi connectivity index (χ0n) is 12.4. The van der Waals surface area contributed by atoms with Crippen molar-refractivity contribution in [2.24, 2.45) is 5.92 Å². The SMILES string of the molecule is CCCCC(COC)NC(=O)N1CCC(C)C(O)C1. The van der Waals surface area contributed by atoms with Gasteiger partial charge in [0.05, 0.1) is 18.8 Å². The number of β-amino-alcohol motifs (C(OH)–C–C–N with tert-alkyl or cyclic N) is 1. The molecule has 0 saturated carbocycles. The molecule has 5 nitrogen and oxygen atoms in total. The number of nitrogens with zero attached hydrogens (tertiary/aromatic N) is 1. The summed E-state index contributed by atoms with van der Waals surface area (Å²) in [6.45, 7) is 5.85. The van der Waals surface area contributed by atoms with Gasteiger partial charge in [0, 0.05) is 20.2 Å². The first kappa shape index (κ1) is 16.2. The second-order valence-corrected chi connectivity index (χ2v) is 5.52. The van der Waals surface area contributed by atoms with Crippen LogP contribution in [0.1, 0.15) is 39.5 Å². The number of hydrogen-bond donors (Lipinski definition) is 2. The number of urea groups is 1. The molecule has 0 bridgehead atoms. The van der Waals surface area contributed by atoms with Crippen LogP contribution in [0.25, 0.3) is 0 Å². The number of piperidine rings is 1. The van der Waals surface area contributed by atoms with E-state index in [1.54, 1.807) is 12.0 Å². The highest BCUT2D eigenvalue weighted by Gasteiger charge is 2.28. The van der Waals surface area contributed by atoms with Gasteiger partial charge < -0.3 is 20.1 Å². The second kappa shape index (κ2) is 8.38. The summed E-state index contributed by atoms with van der Waals surface area (Å²) >= 11 is 0. The van der Waals surface area contributed by atoms with Gasteiger partial charge in [0.15, 0.2) is 0 Å². The number of rotatable bonds is 6. The molecule has 1 saturated heterocycles. The average molecular weight is 272 g/mol. The van der Waals surface area contributed by atoms with E-state index >= 15 is 0 Å². The van der Waals surface area contributed by atoms with Crippen LogP contribution in [-0.2, 0) is 4.74 Å². The Morgan fingerprint density at radius 3 is 2.89 bits per heavy atom. The molecule has 1 rings (SSSR count). The number of methoxy groups -OCH3 is 1. The van der Waals surface area contributed by atoms with Crippen LogP contribution in [-0.4, -0.2) is 55.0 Å². The van der Waals surface area contributed by atoms with E-state index < -0.39 is 6.10 Å². The first-order chi connectivity index (χ1) is 9.08. The summed E-state index contributed by atoms with van der Waals surface area (Å²) in [7, 11) is 1.65. The van der Waals surface area contributed by atoms with Gasteiger partial charge in [-0.15, -0.1) is 0 Å². The molecule has 5 heteroatoms. The van der Waals surface area contributed by atoms with Crippen molar-refractivity contribution in [1.82, 2.24) is 10.2 Å². The lowest BCUT2D eigenvalue weighted by atomic mass is 9.96. The van der Waals surface area contributed by atoms with Crippen LogP contribution < -0.4 is 5.32 Å². The Hall–Kier alpha value is -0.810. The van der Waals surface area contributed by atoms with Crippen LogP contribution in [0.4, 0.5) is 4.79 Å². The summed E-state index contributed by atoms with van der Waals surface area (Å²) in [6.07, 6.45) is 3.57. The van der Waals surface area contributed by atoms with Crippen molar-refractivity contribution < 1.29 is 14.6 Å². The summed E-state index contributed by atoms with van der Waals surface area (Å²) < 4.78 is 5.14. The predicted octanol–water partition coefficient (Wildman–Crippen LogP) is 1.60. The zero-order chi connectivity index (χ0) is 14.3. The Bertz CT molecular complexity index is 273. The van der Waals surface area contributed by atoms with Gasteiger partial charge in [-0.1, -0.05) is 26.7 Å². The minimum absolute atomic E-state index is 0.0638. The molecule has 3 unspecified atom stereocenters. The molecule has 0 aromatic rings. The zero-order valence-corrected chi connectivity index (χ0v) is 12.4. The molecule has 1 fully saturated rings. The largest absolute Gasteiger partial charge is 0.391 e. The lowest BCUT2D eigenvalue weighted by Crippen LogP contribution is -2.52. The van der Waals surface area contributed by atoms with Crippen molar-refractivity contribution in [2.75, 3.05) is 26.8 Å². The third-order valence-corrected chi connectivity index (χ3v) is 3.81. The molecule has 1 heterocycles. The molecule has 0 aliphatic carbocycles. The van der Waals surface area contributed by atoms with E-state index in [-0.39, 0.29) is 18.0 Å². The number of likely N-dealkylation sites (tertiary alicyclic amines) is 1. The van der Waals surface area contributed by atoms with E-state index in [1.807, 2.05) is 6.92 Å². The lowest BCUT2D eigenvalue weighted by molar-refractivity contribution is 0.0419. The number of carbonyl (C=O) groups excluding carboxylic acids is 1. The van der Waals surface area contributed by atoms with Crippen LogP contribution in [0, 0.1) is 5.92 Å². The quantitative estimate of drug-likeness (QED) is 0.772. The van der Waals surface area contributed by atoms with Crippen molar-refractivity contribution in [3.05, 3.63) is 0 Å². The van der Waals surface area contributed by atoms with Crippen LogP contribution in [0.5, 0.6) is 0 Å². The Balaban J connectivity index is 2.42. The number of hydrogen-bond acceptors (Lipinski definition) is 3. The number of aliphatic hydroxyl groups is 1. The Labute approximate surface area is 116 Å². The maximum atomic E-state index is 12.1. The average Bonchev–Trinajstić information content (AvgIpc) is 2.39. The van der Waals surface area contributed by atoms with Crippen molar-refractivity contribution in [2.45, 2.75) is 51.7 Å². The maximum Gasteiger partial charge on any atom is 0.317 e. The van der Waals surface area contributed by atoms with Crippen LogP contribution >= 0.6 is 0 Å². The predicted molar refractivity (Wildman–Crippen MR) is 75.1 cm³/mol. The van der Waals surface area contributed by atoms with E-state index in [9.17, 15) is 9.90 Å². The van der Waals surface area contributed by atoms with Crippen molar-refractivity contribution in [1.29, 1.82) is 0 Å². The summed E-state index contributed by atoms with van der Waals surface area (Å²) in [5.74, 6) is 0.277. The number of unbranched alkanes of at least 4 members (excludes halogenated alkanes) is 1. The standard InChI is InChI=1S/C14H28N2O3/c1-4-5-6-12(10-19-3)15-14(18)16-8-7-11(2)13(17)9-16/h11-13,17H,4-10H2,1-3H3,(H,15,18). The molecule has 0 radical (unpaired) electrons. The van der Waals surface area contributed by atoms with Crippen LogP contribution in [0.15, 0.2) is 0 Å². The summed E-state index contributed by atoms with van der Waals surface area (Å²) in [5.41, 5.74) is 0. The molecule has 19 heavy (non-hydrogen) atoms. The molecule has 3 atom stereocenters. The van der Waals surface area contributed by atoms with E-state index in [2.05, 4.69) is 12.2 Å². The number of ether oxygens (including phenoxy) is 1. The van der Waals surface area contributed by atoms with Crippen molar-refractivity contribution in [3.63, 3.8) is 0 Å². The van der Waals surface area contributed by atoms with Crippen LogP contribution in [0.3, 0.4) is 0 Å². The van der Waals surface area contributed by atoms with Gasteiger partial charge in [0.1, 0.15) is 0 Å². The molecule has 0 aromatic carbocycles. The van der Waals surface area contributed by atoms with Gasteiger partial charge in [-0.2, -0.15) is 0 Å². The van der Waals surface area contributed by atoms with E-state index in [1.165, 1.54) is 0 Å². The van der Waals surface area contributed by atoms with Gasteiger partial charge in [0.25, 0.3) is 0 Å². The first-order valence-corrected chi connectivity index (χ1v) is 7.30. The van der Waals surface area contributed by atoms with Gasteiger partial charge >= 0.3 is 6.03 Å². The van der Waals surface area contributed by atoms with E-state index in [0.29, 0.717) is 13.2 Å². The van der Waals surface area contributed by atoms with Crippen molar-refractivity contribution >= 4 is 6.03 Å². The molecule has 112 valence electrons.